The van der Waals surface area contributed by atoms with Crippen molar-refractivity contribution in [2.24, 2.45) is 0 Å². The zero-order valence-electron chi connectivity index (χ0n) is 17.2. The van der Waals surface area contributed by atoms with Crippen LogP contribution in [0, 0.1) is 5.82 Å². The SMILES string of the molecule is COCCNC1CCC(Nc2ncc(F)c(-c3ccc4c(c3)CCNC4=O)n2)CC1. The molecule has 8 heteroatoms. The zero-order chi connectivity index (χ0) is 20.9. The van der Waals surface area contributed by atoms with Gasteiger partial charge in [-0.15, -0.1) is 0 Å². The lowest BCUT2D eigenvalue weighted by atomic mass is 9.91. The zero-order valence-corrected chi connectivity index (χ0v) is 17.2. The van der Waals surface area contributed by atoms with Crippen LogP contribution in [-0.4, -0.2) is 54.8 Å². The Morgan fingerprint density at radius 2 is 2.03 bits per heavy atom. The fourth-order valence-corrected chi connectivity index (χ4v) is 4.20. The number of nitrogens with one attached hydrogen (secondary N) is 3. The Bertz CT molecular complexity index is 899. The van der Waals surface area contributed by atoms with E-state index in [0.29, 0.717) is 29.7 Å². The molecule has 1 aromatic carbocycles. The Morgan fingerprint density at radius 1 is 1.23 bits per heavy atom. The highest BCUT2D eigenvalue weighted by molar-refractivity contribution is 5.97. The number of carbonyl (C=O) groups excluding carboxylic acids is 1. The van der Waals surface area contributed by atoms with Crippen molar-refractivity contribution in [3.63, 3.8) is 0 Å². The molecule has 7 nitrogen and oxygen atoms in total. The third kappa shape index (κ3) is 4.76. The second kappa shape index (κ2) is 9.49. The number of amides is 1. The average Bonchev–Trinajstić information content (AvgIpc) is 2.76. The number of rotatable bonds is 7. The van der Waals surface area contributed by atoms with Crippen molar-refractivity contribution < 1.29 is 13.9 Å². The maximum Gasteiger partial charge on any atom is 0.251 e. The van der Waals surface area contributed by atoms with Crippen molar-refractivity contribution in [3.05, 3.63) is 41.3 Å². The molecule has 1 amide bonds. The van der Waals surface area contributed by atoms with E-state index >= 15 is 0 Å². The van der Waals surface area contributed by atoms with Gasteiger partial charge < -0.3 is 20.7 Å². The van der Waals surface area contributed by atoms with E-state index in [-0.39, 0.29) is 17.6 Å². The minimum Gasteiger partial charge on any atom is -0.383 e. The van der Waals surface area contributed by atoms with Crippen LogP contribution in [0.25, 0.3) is 11.3 Å². The molecule has 0 saturated heterocycles. The van der Waals surface area contributed by atoms with E-state index in [1.807, 2.05) is 6.07 Å². The predicted molar refractivity (Wildman–Crippen MR) is 113 cm³/mol. The maximum absolute atomic E-state index is 14.5. The Kier molecular flexibility index (Phi) is 6.54. The average molecular weight is 413 g/mol. The molecule has 0 unspecified atom stereocenters. The quantitative estimate of drug-likeness (QED) is 0.605. The van der Waals surface area contributed by atoms with Gasteiger partial charge in [0.2, 0.25) is 5.95 Å². The molecule has 30 heavy (non-hydrogen) atoms. The molecule has 1 aliphatic carbocycles. The Morgan fingerprint density at radius 3 is 2.83 bits per heavy atom. The van der Waals surface area contributed by atoms with Crippen molar-refractivity contribution in [2.45, 2.75) is 44.2 Å². The number of hydrogen-bond donors (Lipinski definition) is 3. The number of carbonyl (C=O) groups is 1. The molecule has 0 spiro atoms. The first-order valence-corrected chi connectivity index (χ1v) is 10.6. The fourth-order valence-electron chi connectivity index (χ4n) is 4.20. The van der Waals surface area contributed by atoms with Crippen molar-refractivity contribution in [1.82, 2.24) is 20.6 Å². The summed E-state index contributed by atoms with van der Waals surface area (Å²) < 4.78 is 19.6. The third-order valence-electron chi connectivity index (χ3n) is 5.85. The molecular weight excluding hydrogens is 385 g/mol. The highest BCUT2D eigenvalue weighted by Crippen LogP contribution is 2.27. The molecule has 160 valence electrons. The second-order valence-corrected chi connectivity index (χ2v) is 7.91. The molecule has 0 radical (unpaired) electrons. The van der Waals surface area contributed by atoms with E-state index in [0.717, 1.165) is 50.8 Å². The van der Waals surface area contributed by atoms with Crippen LogP contribution < -0.4 is 16.0 Å². The molecular formula is C22H28FN5O2. The first-order chi connectivity index (χ1) is 14.6. The van der Waals surface area contributed by atoms with Crippen LogP contribution in [0.2, 0.25) is 0 Å². The van der Waals surface area contributed by atoms with Gasteiger partial charge in [0, 0.05) is 43.4 Å². The van der Waals surface area contributed by atoms with Gasteiger partial charge in [0.05, 0.1) is 12.8 Å². The van der Waals surface area contributed by atoms with Crippen molar-refractivity contribution in [2.75, 3.05) is 32.1 Å². The standard InChI is InChI=1S/C22H28FN5O2/c1-30-11-10-24-16-3-5-17(6-4-16)27-22-26-13-19(23)20(28-22)15-2-7-18-14(12-15)8-9-25-21(18)29/h2,7,12-13,16-17,24H,3-6,8-11H2,1H3,(H,25,29)(H,26,27,28). The van der Waals surface area contributed by atoms with Crippen molar-refractivity contribution in [3.8, 4) is 11.3 Å². The number of nitrogens with zero attached hydrogens (tertiary/aromatic N) is 2. The van der Waals surface area contributed by atoms with Crippen LogP contribution in [0.5, 0.6) is 0 Å². The molecule has 2 aliphatic rings. The molecule has 2 heterocycles. The molecule has 4 rings (SSSR count). The highest BCUT2D eigenvalue weighted by Gasteiger charge is 2.22. The van der Waals surface area contributed by atoms with E-state index < -0.39 is 5.82 Å². The Balaban J connectivity index is 1.42. The summed E-state index contributed by atoms with van der Waals surface area (Å²) in [5.41, 5.74) is 2.49. The number of benzene rings is 1. The number of methoxy groups -OCH3 is 1. The Labute approximate surface area is 175 Å². The van der Waals surface area contributed by atoms with Crippen LogP contribution in [-0.2, 0) is 11.2 Å². The van der Waals surface area contributed by atoms with Crippen LogP contribution in [0.15, 0.2) is 24.4 Å². The molecule has 2 aromatic rings. The van der Waals surface area contributed by atoms with Gasteiger partial charge in [-0.2, -0.15) is 0 Å². The van der Waals surface area contributed by atoms with Gasteiger partial charge >= 0.3 is 0 Å². The summed E-state index contributed by atoms with van der Waals surface area (Å²) in [7, 11) is 1.71. The molecule has 1 fully saturated rings. The number of fused-ring (bicyclic) bond motifs is 1. The highest BCUT2D eigenvalue weighted by atomic mass is 19.1. The molecule has 1 aliphatic heterocycles. The number of anilines is 1. The predicted octanol–water partition coefficient (Wildman–Crippen LogP) is 2.53. The van der Waals surface area contributed by atoms with Crippen molar-refractivity contribution in [1.29, 1.82) is 0 Å². The van der Waals surface area contributed by atoms with E-state index in [9.17, 15) is 9.18 Å². The largest absolute Gasteiger partial charge is 0.383 e. The summed E-state index contributed by atoms with van der Waals surface area (Å²) in [6.45, 7) is 2.18. The van der Waals surface area contributed by atoms with E-state index in [2.05, 4.69) is 25.9 Å². The second-order valence-electron chi connectivity index (χ2n) is 7.91. The summed E-state index contributed by atoms with van der Waals surface area (Å²) in [4.78, 5) is 20.5. The molecule has 0 bridgehead atoms. The van der Waals surface area contributed by atoms with Gasteiger partial charge in [-0.3, -0.25) is 4.79 Å². The minimum atomic E-state index is -0.466. The lowest BCUT2D eigenvalue weighted by Crippen LogP contribution is -2.38. The third-order valence-corrected chi connectivity index (χ3v) is 5.85. The van der Waals surface area contributed by atoms with Gasteiger partial charge in [-0.05, 0) is 49.8 Å². The first-order valence-electron chi connectivity index (χ1n) is 10.6. The number of hydrogen-bond acceptors (Lipinski definition) is 6. The monoisotopic (exact) mass is 413 g/mol. The lowest BCUT2D eigenvalue weighted by molar-refractivity contribution is 0.0946. The van der Waals surface area contributed by atoms with E-state index in [1.54, 1.807) is 19.2 Å². The summed E-state index contributed by atoms with van der Waals surface area (Å²) in [6, 6.07) is 6.13. The van der Waals surface area contributed by atoms with Crippen LogP contribution in [0.3, 0.4) is 0 Å². The number of halogens is 1. The van der Waals surface area contributed by atoms with Gasteiger partial charge in [0.1, 0.15) is 5.69 Å². The van der Waals surface area contributed by atoms with Crippen LogP contribution in [0.4, 0.5) is 10.3 Å². The van der Waals surface area contributed by atoms with Crippen LogP contribution >= 0.6 is 0 Å². The van der Waals surface area contributed by atoms with Gasteiger partial charge in [-0.25, -0.2) is 14.4 Å². The van der Waals surface area contributed by atoms with E-state index in [4.69, 9.17) is 4.74 Å². The maximum atomic E-state index is 14.5. The van der Waals surface area contributed by atoms with Gasteiger partial charge in [-0.1, -0.05) is 6.07 Å². The molecule has 3 N–H and O–H groups in total. The lowest BCUT2D eigenvalue weighted by Gasteiger charge is -2.29. The molecule has 1 aromatic heterocycles. The molecule has 1 saturated carbocycles. The summed E-state index contributed by atoms with van der Waals surface area (Å²) >= 11 is 0. The summed E-state index contributed by atoms with van der Waals surface area (Å²) in [5, 5.41) is 9.70. The van der Waals surface area contributed by atoms with Crippen molar-refractivity contribution >= 4 is 11.9 Å². The summed E-state index contributed by atoms with van der Waals surface area (Å²) in [6.07, 6.45) is 6.11. The number of aromatic nitrogens is 2. The van der Waals surface area contributed by atoms with Crippen LogP contribution in [0.1, 0.15) is 41.6 Å². The molecule has 0 atom stereocenters. The number of ether oxygens (including phenoxy) is 1. The summed E-state index contributed by atoms with van der Waals surface area (Å²) in [5.74, 6) is -0.106. The van der Waals surface area contributed by atoms with E-state index in [1.165, 1.54) is 6.20 Å². The topological polar surface area (TPSA) is 88.2 Å². The first kappa shape index (κ1) is 20.7. The normalized spacial score (nSPS) is 21.1. The smallest absolute Gasteiger partial charge is 0.251 e. The minimum absolute atomic E-state index is 0.0828. The Hall–Kier alpha value is -2.58. The fraction of sp³-hybridized carbons (Fsp3) is 0.500. The van der Waals surface area contributed by atoms with Gasteiger partial charge in [0.15, 0.2) is 5.82 Å². The van der Waals surface area contributed by atoms with Gasteiger partial charge in [0.25, 0.3) is 5.91 Å².